The third-order valence-corrected chi connectivity index (χ3v) is 3.99. The van der Waals surface area contributed by atoms with Crippen molar-refractivity contribution in [2.75, 3.05) is 26.7 Å². The quantitative estimate of drug-likeness (QED) is 0.813. The summed E-state index contributed by atoms with van der Waals surface area (Å²) in [6.45, 7) is 1.37. The minimum atomic E-state index is -0.574. The Morgan fingerprint density at radius 2 is 2.14 bits per heavy atom. The molecule has 2 aromatic heterocycles. The molecule has 1 aliphatic heterocycles. The van der Waals surface area contributed by atoms with Gasteiger partial charge in [-0.2, -0.15) is 0 Å². The fraction of sp³-hybridized carbons (Fsp3) is 0.400. The Morgan fingerprint density at radius 3 is 2.91 bits per heavy atom. The highest BCUT2D eigenvalue weighted by molar-refractivity contribution is 5.82. The van der Waals surface area contributed by atoms with Gasteiger partial charge >= 0.3 is 0 Å². The summed E-state index contributed by atoms with van der Waals surface area (Å²) in [6, 6.07) is 6.26. The lowest BCUT2D eigenvalue weighted by atomic mass is 10.1. The van der Waals surface area contributed by atoms with Crippen LogP contribution in [0.5, 0.6) is 0 Å². The van der Waals surface area contributed by atoms with E-state index in [0.717, 1.165) is 0 Å². The van der Waals surface area contributed by atoms with Gasteiger partial charge in [-0.15, -0.1) is 0 Å². The fourth-order valence-corrected chi connectivity index (χ4v) is 2.73. The number of hydrogen-bond donors (Lipinski definition) is 1. The van der Waals surface area contributed by atoms with Gasteiger partial charge in [-0.1, -0.05) is 6.07 Å². The highest BCUT2D eigenvalue weighted by Gasteiger charge is 2.32. The van der Waals surface area contributed by atoms with Gasteiger partial charge in [0.25, 0.3) is 5.56 Å². The van der Waals surface area contributed by atoms with E-state index < -0.39 is 6.04 Å². The van der Waals surface area contributed by atoms with Gasteiger partial charge < -0.3 is 10.0 Å². The highest BCUT2D eigenvalue weighted by atomic mass is 16.3. The van der Waals surface area contributed by atoms with Gasteiger partial charge in [-0.25, -0.2) is 4.98 Å². The lowest BCUT2D eigenvalue weighted by Crippen LogP contribution is -2.56. The van der Waals surface area contributed by atoms with Crippen molar-refractivity contribution >= 4 is 11.6 Å². The summed E-state index contributed by atoms with van der Waals surface area (Å²) in [7, 11) is 1.73. The summed E-state index contributed by atoms with van der Waals surface area (Å²) in [5, 5.41) is 9.48. The molecule has 7 heteroatoms. The number of carbonyl (C=O) groups excluding carboxylic acids is 1. The van der Waals surface area contributed by atoms with Crippen LogP contribution >= 0.6 is 0 Å². The molecule has 1 aliphatic rings. The number of hydrogen-bond acceptors (Lipinski definition) is 5. The van der Waals surface area contributed by atoms with E-state index in [1.165, 1.54) is 10.5 Å². The number of aliphatic hydroxyl groups is 1. The minimum absolute atomic E-state index is 0.105. The van der Waals surface area contributed by atoms with E-state index in [-0.39, 0.29) is 18.1 Å². The van der Waals surface area contributed by atoms with Crippen molar-refractivity contribution in [2.45, 2.75) is 12.6 Å². The van der Waals surface area contributed by atoms with Crippen LogP contribution in [0.2, 0.25) is 0 Å². The summed E-state index contributed by atoms with van der Waals surface area (Å²) in [4.78, 5) is 32.1. The number of fused-ring (bicyclic) bond motifs is 1. The molecule has 7 nitrogen and oxygen atoms in total. The van der Waals surface area contributed by atoms with Crippen LogP contribution in [0.15, 0.2) is 35.3 Å². The maximum atomic E-state index is 12.1. The molecule has 3 rings (SSSR count). The number of likely N-dealkylation sites (N-methyl/N-ethyl adjacent to an activating group) is 1. The molecule has 1 amide bonds. The normalized spacial score (nSPS) is 19.8. The number of pyridine rings is 1. The number of rotatable bonds is 3. The van der Waals surface area contributed by atoms with Crippen LogP contribution in [0, 0.1) is 0 Å². The molecule has 22 heavy (non-hydrogen) atoms. The number of amides is 1. The van der Waals surface area contributed by atoms with Crippen LogP contribution in [0.1, 0.15) is 5.69 Å². The second-order valence-corrected chi connectivity index (χ2v) is 5.44. The molecule has 116 valence electrons. The summed E-state index contributed by atoms with van der Waals surface area (Å²) in [5.74, 6) is -0.105. The van der Waals surface area contributed by atoms with Crippen LogP contribution in [-0.2, 0) is 11.3 Å². The average molecular weight is 302 g/mol. The number of nitrogens with zero attached hydrogens (tertiary/aromatic N) is 4. The van der Waals surface area contributed by atoms with Crippen molar-refractivity contribution in [1.29, 1.82) is 0 Å². The predicted octanol–water partition coefficient (Wildman–Crippen LogP) is -0.671. The Labute approximate surface area is 127 Å². The van der Waals surface area contributed by atoms with E-state index >= 15 is 0 Å². The number of aromatic nitrogens is 2. The summed E-state index contributed by atoms with van der Waals surface area (Å²) < 4.78 is 1.47. The molecule has 1 atom stereocenters. The summed E-state index contributed by atoms with van der Waals surface area (Å²) >= 11 is 0. The van der Waals surface area contributed by atoms with Crippen molar-refractivity contribution < 1.29 is 9.90 Å². The van der Waals surface area contributed by atoms with E-state index in [2.05, 4.69) is 4.98 Å². The smallest absolute Gasteiger partial charge is 0.258 e. The van der Waals surface area contributed by atoms with E-state index in [9.17, 15) is 14.7 Å². The van der Waals surface area contributed by atoms with Gasteiger partial charge in [0, 0.05) is 38.9 Å². The van der Waals surface area contributed by atoms with Gasteiger partial charge in [0.1, 0.15) is 11.7 Å². The zero-order valence-electron chi connectivity index (χ0n) is 12.3. The molecule has 1 unspecified atom stereocenters. The van der Waals surface area contributed by atoms with E-state index in [0.29, 0.717) is 31.0 Å². The standard InChI is InChI=1S/C15H18N4O3/c1-17-6-7-18(12(10-20)15(17)22)9-11-8-14(21)19-5-3-2-4-13(19)16-11/h2-5,8,12,20H,6-7,9-10H2,1H3. The molecule has 2 aromatic rings. The number of aliphatic hydroxyl groups excluding tert-OH is 1. The van der Waals surface area contributed by atoms with Gasteiger partial charge in [-0.3, -0.25) is 18.9 Å². The molecule has 0 aliphatic carbocycles. The SMILES string of the molecule is CN1CCN(Cc2cc(=O)n3ccccc3n2)C(CO)C1=O. The van der Waals surface area contributed by atoms with Crippen LogP contribution in [0.3, 0.4) is 0 Å². The third kappa shape index (κ3) is 2.60. The maximum Gasteiger partial charge on any atom is 0.258 e. The van der Waals surface area contributed by atoms with Crippen molar-refractivity contribution in [3.05, 3.63) is 46.5 Å². The van der Waals surface area contributed by atoms with Crippen LogP contribution in [-0.4, -0.2) is 63.0 Å². The first-order chi connectivity index (χ1) is 10.6. The maximum absolute atomic E-state index is 12.1. The molecule has 0 saturated carbocycles. The molecule has 1 N–H and O–H groups in total. The monoisotopic (exact) mass is 302 g/mol. The lowest BCUT2D eigenvalue weighted by Gasteiger charge is -2.37. The second-order valence-electron chi connectivity index (χ2n) is 5.44. The first-order valence-electron chi connectivity index (χ1n) is 7.17. The Morgan fingerprint density at radius 1 is 1.32 bits per heavy atom. The third-order valence-electron chi connectivity index (χ3n) is 3.99. The van der Waals surface area contributed by atoms with E-state index in [4.69, 9.17) is 0 Å². The van der Waals surface area contributed by atoms with Crippen LogP contribution in [0.25, 0.3) is 5.65 Å². The van der Waals surface area contributed by atoms with Crippen molar-refractivity contribution in [2.24, 2.45) is 0 Å². The summed E-state index contributed by atoms with van der Waals surface area (Å²) in [5.41, 5.74) is 1.03. The van der Waals surface area contributed by atoms with Gasteiger partial charge in [0.05, 0.1) is 12.3 Å². The molecule has 0 radical (unpaired) electrons. The Hall–Kier alpha value is -2.25. The predicted molar refractivity (Wildman–Crippen MR) is 80.4 cm³/mol. The minimum Gasteiger partial charge on any atom is -0.394 e. The van der Waals surface area contributed by atoms with Gasteiger partial charge in [0.15, 0.2) is 0 Å². The van der Waals surface area contributed by atoms with Crippen LogP contribution < -0.4 is 5.56 Å². The zero-order chi connectivity index (χ0) is 15.7. The largest absolute Gasteiger partial charge is 0.394 e. The van der Waals surface area contributed by atoms with Crippen LogP contribution in [0.4, 0.5) is 0 Å². The molecule has 0 bridgehead atoms. The van der Waals surface area contributed by atoms with Crippen molar-refractivity contribution in [1.82, 2.24) is 19.2 Å². The molecule has 3 heterocycles. The number of piperazine rings is 1. The van der Waals surface area contributed by atoms with E-state index in [1.54, 1.807) is 30.3 Å². The van der Waals surface area contributed by atoms with E-state index in [1.807, 2.05) is 11.0 Å². The van der Waals surface area contributed by atoms with Crippen molar-refractivity contribution in [3.8, 4) is 0 Å². The Balaban J connectivity index is 1.89. The Kier molecular flexibility index (Phi) is 3.91. The highest BCUT2D eigenvalue weighted by Crippen LogP contribution is 2.13. The molecular formula is C15H18N4O3. The van der Waals surface area contributed by atoms with Crippen molar-refractivity contribution in [3.63, 3.8) is 0 Å². The molecule has 1 fully saturated rings. The molecule has 0 spiro atoms. The topological polar surface area (TPSA) is 78.2 Å². The first-order valence-corrected chi connectivity index (χ1v) is 7.17. The zero-order valence-corrected chi connectivity index (χ0v) is 12.3. The Bertz CT molecular complexity index is 758. The molecule has 1 saturated heterocycles. The average Bonchev–Trinajstić information content (AvgIpc) is 2.51. The van der Waals surface area contributed by atoms with Gasteiger partial charge in [-0.05, 0) is 12.1 Å². The molecular weight excluding hydrogens is 284 g/mol. The summed E-state index contributed by atoms with van der Waals surface area (Å²) in [6.07, 6.45) is 1.67. The first kappa shape index (κ1) is 14.7. The van der Waals surface area contributed by atoms with Gasteiger partial charge in [0.2, 0.25) is 5.91 Å². The second kappa shape index (κ2) is 5.86. The fourth-order valence-electron chi connectivity index (χ4n) is 2.73. The molecule has 0 aromatic carbocycles. The number of carbonyl (C=O) groups is 1. The lowest BCUT2D eigenvalue weighted by molar-refractivity contribution is -0.142.